The predicted octanol–water partition coefficient (Wildman–Crippen LogP) is 3.41. The van der Waals surface area contributed by atoms with Crippen molar-refractivity contribution in [2.75, 3.05) is 49.6 Å². The van der Waals surface area contributed by atoms with Gasteiger partial charge in [0.25, 0.3) is 5.91 Å². The minimum Gasteiger partial charge on any atom is -0.354 e. The molecule has 7 nitrogen and oxygen atoms in total. The number of hydrogen-bond acceptors (Lipinski definition) is 6. The lowest BCUT2D eigenvalue weighted by molar-refractivity contribution is -0.116. The first-order valence-electron chi connectivity index (χ1n) is 10.1. The molecule has 2 saturated heterocycles. The molecule has 3 amide bonds. The van der Waals surface area contributed by atoms with Gasteiger partial charge >= 0.3 is 11.5 Å². The van der Waals surface area contributed by atoms with Crippen LogP contribution in [0.3, 0.4) is 0 Å². The molecule has 0 radical (unpaired) electrons. The van der Waals surface area contributed by atoms with Crippen molar-refractivity contribution in [1.29, 1.82) is 0 Å². The molecule has 0 atom stereocenters. The maximum atomic E-state index is 12.9. The van der Waals surface area contributed by atoms with Crippen molar-refractivity contribution < 1.29 is 22.8 Å². The molecule has 0 aliphatic carbocycles. The number of piperazine rings is 1. The SMILES string of the molecule is CN1CCN(c2cc(CN3CC(=O)N(c4ccc(SC(F)(F)F)cc4)C3=O)ccn2)CC1. The number of rotatable bonds is 5. The van der Waals surface area contributed by atoms with Gasteiger partial charge in [-0.25, -0.2) is 14.7 Å². The van der Waals surface area contributed by atoms with E-state index in [2.05, 4.69) is 21.8 Å². The third kappa shape index (κ3) is 5.16. The summed E-state index contributed by atoms with van der Waals surface area (Å²) in [5.74, 6) is 0.419. The van der Waals surface area contributed by atoms with Crippen molar-refractivity contribution in [2.45, 2.75) is 16.9 Å². The van der Waals surface area contributed by atoms with Gasteiger partial charge in [0.15, 0.2) is 0 Å². The number of urea groups is 1. The molecule has 0 saturated carbocycles. The van der Waals surface area contributed by atoms with Crippen LogP contribution < -0.4 is 9.80 Å². The maximum absolute atomic E-state index is 12.9. The van der Waals surface area contributed by atoms with Crippen LogP contribution >= 0.6 is 11.8 Å². The summed E-state index contributed by atoms with van der Waals surface area (Å²) in [5.41, 5.74) is -3.29. The fourth-order valence-corrected chi connectivity index (χ4v) is 4.25. The van der Waals surface area contributed by atoms with Crippen molar-refractivity contribution in [3.63, 3.8) is 0 Å². The van der Waals surface area contributed by atoms with Crippen LogP contribution in [-0.4, -0.2) is 72.0 Å². The number of likely N-dealkylation sites (N-methyl/N-ethyl adjacent to an activating group) is 1. The van der Waals surface area contributed by atoms with E-state index in [9.17, 15) is 22.8 Å². The highest BCUT2D eigenvalue weighted by molar-refractivity contribution is 8.00. The van der Waals surface area contributed by atoms with Gasteiger partial charge in [0.2, 0.25) is 0 Å². The van der Waals surface area contributed by atoms with Crippen LogP contribution in [0.4, 0.5) is 29.5 Å². The Hall–Kier alpha value is -2.79. The standard InChI is InChI=1S/C21H22F3N5O2S/c1-26-8-10-27(11-9-26)18-12-15(6-7-25-18)13-28-14-19(30)29(20(28)31)16-2-4-17(5-3-16)32-21(22,23)24/h2-7,12H,8-11,13-14H2,1H3. The van der Waals surface area contributed by atoms with Crippen molar-refractivity contribution in [2.24, 2.45) is 0 Å². The Morgan fingerprint density at radius 3 is 2.38 bits per heavy atom. The van der Waals surface area contributed by atoms with Gasteiger partial charge in [-0.1, -0.05) is 0 Å². The lowest BCUT2D eigenvalue weighted by Gasteiger charge is -2.33. The second-order valence-corrected chi connectivity index (χ2v) is 8.86. The second-order valence-electron chi connectivity index (χ2n) is 7.72. The van der Waals surface area contributed by atoms with E-state index in [0.717, 1.165) is 42.5 Å². The van der Waals surface area contributed by atoms with Crippen LogP contribution in [0.2, 0.25) is 0 Å². The summed E-state index contributed by atoms with van der Waals surface area (Å²) in [5, 5.41) is 0. The number of hydrogen-bond donors (Lipinski definition) is 0. The summed E-state index contributed by atoms with van der Waals surface area (Å²) in [6, 6.07) is 8.45. The number of benzene rings is 1. The summed E-state index contributed by atoms with van der Waals surface area (Å²) in [7, 11) is 2.08. The molecule has 3 heterocycles. The molecule has 2 fully saturated rings. The lowest BCUT2D eigenvalue weighted by atomic mass is 10.2. The van der Waals surface area contributed by atoms with E-state index in [-0.39, 0.29) is 35.4 Å². The number of aromatic nitrogens is 1. The predicted molar refractivity (Wildman–Crippen MR) is 116 cm³/mol. The number of amides is 3. The first-order chi connectivity index (χ1) is 15.2. The highest BCUT2D eigenvalue weighted by Gasteiger charge is 2.37. The summed E-state index contributed by atoms with van der Waals surface area (Å²) >= 11 is -0.242. The number of imide groups is 1. The van der Waals surface area contributed by atoms with Crippen molar-refractivity contribution in [3.8, 4) is 0 Å². The zero-order chi connectivity index (χ0) is 22.9. The van der Waals surface area contributed by atoms with E-state index in [0.29, 0.717) is 0 Å². The van der Waals surface area contributed by atoms with Gasteiger partial charge in [-0.15, -0.1) is 0 Å². The number of halogens is 3. The molecule has 0 N–H and O–H groups in total. The number of pyridine rings is 1. The van der Waals surface area contributed by atoms with E-state index in [1.165, 1.54) is 29.2 Å². The van der Waals surface area contributed by atoms with Crippen LogP contribution in [0.5, 0.6) is 0 Å². The molecule has 11 heteroatoms. The molecule has 170 valence electrons. The number of carbonyl (C=O) groups is 2. The maximum Gasteiger partial charge on any atom is 0.446 e. The first-order valence-corrected chi connectivity index (χ1v) is 10.9. The minimum atomic E-state index is -4.40. The molecular formula is C21H22F3N5O2S. The van der Waals surface area contributed by atoms with Gasteiger partial charge < -0.3 is 14.7 Å². The smallest absolute Gasteiger partial charge is 0.354 e. The van der Waals surface area contributed by atoms with Gasteiger partial charge in [-0.2, -0.15) is 13.2 Å². The Morgan fingerprint density at radius 2 is 1.72 bits per heavy atom. The van der Waals surface area contributed by atoms with Gasteiger partial charge in [-0.3, -0.25) is 4.79 Å². The van der Waals surface area contributed by atoms with Crippen molar-refractivity contribution in [3.05, 3.63) is 48.2 Å². The summed E-state index contributed by atoms with van der Waals surface area (Å²) in [6.45, 7) is 3.77. The summed E-state index contributed by atoms with van der Waals surface area (Å²) in [4.78, 5) is 36.7. The van der Waals surface area contributed by atoms with Crippen LogP contribution in [0.25, 0.3) is 0 Å². The van der Waals surface area contributed by atoms with Crippen molar-refractivity contribution in [1.82, 2.24) is 14.8 Å². The molecule has 2 aliphatic rings. The number of thioether (sulfide) groups is 1. The molecule has 2 aromatic rings. The average molecular weight is 466 g/mol. The van der Waals surface area contributed by atoms with E-state index >= 15 is 0 Å². The van der Waals surface area contributed by atoms with Crippen LogP contribution in [0.1, 0.15) is 5.56 Å². The third-order valence-electron chi connectivity index (χ3n) is 5.38. The lowest BCUT2D eigenvalue weighted by Crippen LogP contribution is -2.44. The van der Waals surface area contributed by atoms with E-state index in [4.69, 9.17) is 0 Å². The van der Waals surface area contributed by atoms with E-state index in [1.807, 2.05) is 12.1 Å². The Labute approximate surface area is 187 Å². The van der Waals surface area contributed by atoms with Gasteiger partial charge in [-0.05, 0) is 60.8 Å². The van der Waals surface area contributed by atoms with Gasteiger partial charge in [0.05, 0.1) is 5.69 Å². The van der Waals surface area contributed by atoms with E-state index < -0.39 is 17.4 Å². The molecule has 1 aromatic heterocycles. The summed E-state index contributed by atoms with van der Waals surface area (Å²) in [6.07, 6.45) is 1.69. The zero-order valence-corrected chi connectivity index (χ0v) is 18.2. The van der Waals surface area contributed by atoms with Crippen LogP contribution in [0, 0.1) is 0 Å². The number of alkyl halides is 3. The number of nitrogens with zero attached hydrogens (tertiary/aromatic N) is 5. The Balaban J connectivity index is 1.44. The molecule has 1 aromatic carbocycles. The van der Waals surface area contributed by atoms with Gasteiger partial charge in [0.1, 0.15) is 12.4 Å². The van der Waals surface area contributed by atoms with E-state index in [1.54, 1.807) is 6.20 Å². The Morgan fingerprint density at radius 1 is 1.03 bits per heavy atom. The Bertz CT molecular complexity index is 994. The molecule has 0 bridgehead atoms. The minimum absolute atomic E-state index is 0.00887. The molecule has 2 aliphatic heterocycles. The molecule has 32 heavy (non-hydrogen) atoms. The third-order valence-corrected chi connectivity index (χ3v) is 6.12. The Kier molecular flexibility index (Phi) is 6.29. The fraction of sp³-hybridized carbons (Fsp3) is 0.381. The highest BCUT2D eigenvalue weighted by atomic mass is 32.2. The molecular weight excluding hydrogens is 443 g/mol. The summed E-state index contributed by atoms with van der Waals surface area (Å²) < 4.78 is 37.6. The number of anilines is 2. The average Bonchev–Trinajstić information content (AvgIpc) is 3.01. The van der Waals surface area contributed by atoms with Crippen LogP contribution in [-0.2, 0) is 11.3 Å². The van der Waals surface area contributed by atoms with Gasteiger partial charge in [0, 0.05) is 43.8 Å². The zero-order valence-electron chi connectivity index (χ0n) is 17.4. The quantitative estimate of drug-likeness (QED) is 0.498. The monoisotopic (exact) mass is 465 g/mol. The molecule has 0 unspecified atom stereocenters. The van der Waals surface area contributed by atoms with Crippen molar-refractivity contribution >= 4 is 35.2 Å². The van der Waals surface area contributed by atoms with Crippen LogP contribution in [0.15, 0.2) is 47.5 Å². The molecule has 0 spiro atoms. The second kappa shape index (κ2) is 8.99. The molecule has 4 rings (SSSR count). The topological polar surface area (TPSA) is 60.0 Å². The number of carbonyl (C=O) groups excluding carboxylic acids is 2. The first kappa shape index (κ1) is 22.4. The normalized spacial score (nSPS) is 18.1. The fourth-order valence-electron chi connectivity index (χ4n) is 3.71. The highest BCUT2D eigenvalue weighted by Crippen LogP contribution is 2.37. The largest absolute Gasteiger partial charge is 0.446 e.